The van der Waals surface area contributed by atoms with Crippen LogP contribution in [0.25, 0.3) is 42.9 Å². The zero-order valence-corrected chi connectivity index (χ0v) is 17.3. The van der Waals surface area contributed by atoms with Gasteiger partial charge in [-0.05, 0) is 36.6 Å². The zero-order chi connectivity index (χ0) is 20.9. The van der Waals surface area contributed by atoms with E-state index in [1.165, 1.54) is 16.2 Å². The fraction of sp³-hybridized carbons (Fsp3) is 0.0833. The molecule has 6 aromatic rings. The first-order chi connectivity index (χ1) is 15.2. The molecule has 2 aromatic carbocycles. The Labute approximate surface area is 180 Å². The number of imidazole rings is 1. The molecule has 5 nitrogen and oxygen atoms in total. The Hall–Kier alpha value is -3.71. The molecule has 4 aromatic heterocycles. The number of rotatable bonds is 3. The highest BCUT2D eigenvalue weighted by molar-refractivity contribution is 7.22. The van der Waals surface area contributed by atoms with E-state index in [1.54, 1.807) is 30.1 Å². The normalized spacial score (nSPS) is 12.7. The molecule has 0 fully saturated rings. The van der Waals surface area contributed by atoms with Crippen molar-refractivity contribution in [1.82, 2.24) is 24.5 Å². The molecular formula is C24H16FN5S. The number of thiophene rings is 1. The Bertz CT molecular complexity index is 1550. The number of benzene rings is 2. The van der Waals surface area contributed by atoms with Gasteiger partial charge in [0.1, 0.15) is 11.5 Å². The number of hydrogen-bond donors (Lipinski definition) is 0. The van der Waals surface area contributed by atoms with Gasteiger partial charge in [0.2, 0.25) is 0 Å². The van der Waals surface area contributed by atoms with Crippen molar-refractivity contribution in [2.45, 2.75) is 13.0 Å². The van der Waals surface area contributed by atoms with Gasteiger partial charge in [0.05, 0.1) is 29.0 Å². The lowest BCUT2D eigenvalue weighted by Crippen LogP contribution is -2.09. The predicted octanol–water partition coefficient (Wildman–Crippen LogP) is 6.00. The molecule has 31 heavy (non-hydrogen) atoms. The summed E-state index contributed by atoms with van der Waals surface area (Å²) in [6.45, 7) is 1.94. The van der Waals surface area contributed by atoms with Gasteiger partial charge in [0.15, 0.2) is 11.3 Å². The van der Waals surface area contributed by atoms with Crippen LogP contribution in [0.1, 0.15) is 18.5 Å². The highest BCUT2D eigenvalue weighted by Crippen LogP contribution is 2.33. The van der Waals surface area contributed by atoms with Gasteiger partial charge in [0.25, 0.3) is 0 Å². The molecule has 0 radical (unpaired) electrons. The summed E-state index contributed by atoms with van der Waals surface area (Å²) < 4.78 is 18.0. The third-order valence-electron chi connectivity index (χ3n) is 5.55. The molecule has 0 saturated carbocycles. The van der Waals surface area contributed by atoms with Crippen molar-refractivity contribution in [3.8, 4) is 10.6 Å². The number of aromatic nitrogens is 5. The maximum atomic E-state index is 14.9. The first-order valence-electron chi connectivity index (χ1n) is 9.90. The smallest absolute Gasteiger partial charge is 0.197 e. The molecule has 0 bridgehead atoms. The number of halogens is 1. The second kappa shape index (κ2) is 6.92. The van der Waals surface area contributed by atoms with Crippen molar-refractivity contribution < 1.29 is 4.39 Å². The van der Waals surface area contributed by atoms with E-state index >= 15 is 0 Å². The molecule has 0 amide bonds. The number of nitrogens with zero attached hydrogens (tertiary/aromatic N) is 5. The fourth-order valence-electron chi connectivity index (χ4n) is 3.90. The topological polar surface area (TPSA) is 56.5 Å². The molecule has 0 spiro atoms. The third-order valence-corrected chi connectivity index (χ3v) is 6.69. The van der Waals surface area contributed by atoms with Crippen LogP contribution < -0.4 is 0 Å². The largest absolute Gasteiger partial charge is 0.306 e. The molecule has 4 heterocycles. The lowest BCUT2D eigenvalue weighted by atomic mass is 10.0. The number of pyridine rings is 1. The highest BCUT2D eigenvalue weighted by Gasteiger charge is 2.19. The molecule has 6 rings (SSSR count). The first kappa shape index (κ1) is 18.1. The van der Waals surface area contributed by atoms with Gasteiger partial charge >= 0.3 is 0 Å². The Morgan fingerprint density at radius 2 is 1.84 bits per heavy atom. The summed E-state index contributed by atoms with van der Waals surface area (Å²) >= 11 is 1.68. The van der Waals surface area contributed by atoms with Crippen LogP contribution in [0.5, 0.6) is 0 Å². The minimum atomic E-state index is -0.304. The van der Waals surface area contributed by atoms with Crippen molar-refractivity contribution in [3.63, 3.8) is 0 Å². The van der Waals surface area contributed by atoms with Crippen LogP contribution in [0.15, 0.2) is 73.3 Å². The summed E-state index contributed by atoms with van der Waals surface area (Å²) in [5.41, 5.74) is 3.16. The van der Waals surface area contributed by atoms with Crippen molar-refractivity contribution in [3.05, 3.63) is 84.7 Å². The number of hydrogen-bond acceptors (Lipinski definition) is 5. The van der Waals surface area contributed by atoms with E-state index in [-0.39, 0.29) is 11.9 Å². The predicted molar refractivity (Wildman–Crippen MR) is 122 cm³/mol. The summed E-state index contributed by atoms with van der Waals surface area (Å²) in [4.78, 5) is 19.0. The van der Waals surface area contributed by atoms with Crippen LogP contribution in [0.2, 0.25) is 0 Å². The molecular weight excluding hydrogens is 409 g/mol. The highest BCUT2D eigenvalue weighted by atomic mass is 32.1. The molecule has 1 unspecified atom stereocenters. The second-order valence-electron chi connectivity index (χ2n) is 7.45. The Kier molecular flexibility index (Phi) is 4.04. The average Bonchev–Trinajstić information content (AvgIpc) is 3.42. The molecule has 1 atom stereocenters. The van der Waals surface area contributed by atoms with Gasteiger partial charge in [0, 0.05) is 27.9 Å². The third kappa shape index (κ3) is 2.97. The summed E-state index contributed by atoms with van der Waals surface area (Å²) in [7, 11) is 0. The van der Waals surface area contributed by atoms with E-state index in [1.807, 2.05) is 41.8 Å². The standard InChI is InChI=1S/C24H16FN5S/c1-14(17-9-15-6-4-8-26-19(15)11-18(17)25)30-13-28-23-24(30)29-20(12-27-23)22-10-16-5-2-3-7-21(16)31-22/h2-14H,1H3. The summed E-state index contributed by atoms with van der Waals surface area (Å²) in [5.74, 6) is -0.297. The van der Waals surface area contributed by atoms with E-state index in [0.717, 1.165) is 16.0 Å². The molecule has 150 valence electrons. The van der Waals surface area contributed by atoms with E-state index in [9.17, 15) is 4.39 Å². The second-order valence-corrected chi connectivity index (χ2v) is 8.53. The van der Waals surface area contributed by atoms with Crippen LogP contribution in [0, 0.1) is 5.82 Å². The van der Waals surface area contributed by atoms with Crippen LogP contribution >= 0.6 is 11.3 Å². The Morgan fingerprint density at radius 1 is 0.968 bits per heavy atom. The average molecular weight is 425 g/mol. The van der Waals surface area contributed by atoms with E-state index < -0.39 is 0 Å². The van der Waals surface area contributed by atoms with Gasteiger partial charge in [-0.3, -0.25) is 4.98 Å². The van der Waals surface area contributed by atoms with Crippen molar-refractivity contribution in [2.75, 3.05) is 0 Å². The summed E-state index contributed by atoms with van der Waals surface area (Å²) in [5, 5.41) is 2.07. The van der Waals surface area contributed by atoms with Crippen molar-refractivity contribution >= 4 is 43.6 Å². The van der Waals surface area contributed by atoms with E-state index in [2.05, 4.69) is 33.2 Å². The Balaban J connectivity index is 1.47. The quantitative estimate of drug-likeness (QED) is 0.349. The van der Waals surface area contributed by atoms with E-state index in [4.69, 9.17) is 4.98 Å². The minimum absolute atomic E-state index is 0.297. The SMILES string of the molecule is CC(c1cc2cccnc2cc1F)n1cnc2ncc(-c3cc4ccccc4s3)nc21. The van der Waals surface area contributed by atoms with Gasteiger partial charge in [-0.2, -0.15) is 0 Å². The molecule has 7 heteroatoms. The monoisotopic (exact) mass is 425 g/mol. The van der Waals surface area contributed by atoms with Crippen molar-refractivity contribution in [2.24, 2.45) is 0 Å². The first-order valence-corrected chi connectivity index (χ1v) is 10.7. The molecule has 0 aliphatic carbocycles. The van der Waals surface area contributed by atoms with Gasteiger partial charge < -0.3 is 4.57 Å². The van der Waals surface area contributed by atoms with E-state index in [0.29, 0.717) is 22.4 Å². The molecule has 0 aliphatic rings. The maximum Gasteiger partial charge on any atom is 0.197 e. The van der Waals surface area contributed by atoms with Crippen LogP contribution in [0.4, 0.5) is 4.39 Å². The Morgan fingerprint density at radius 3 is 2.74 bits per heavy atom. The van der Waals surface area contributed by atoms with Gasteiger partial charge in [-0.25, -0.2) is 19.3 Å². The maximum absolute atomic E-state index is 14.9. The van der Waals surface area contributed by atoms with Crippen LogP contribution in [-0.4, -0.2) is 24.5 Å². The molecule has 0 aliphatic heterocycles. The molecule has 0 N–H and O–H groups in total. The summed E-state index contributed by atoms with van der Waals surface area (Å²) in [6, 6.07) is 17.2. The van der Waals surface area contributed by atoms with Gasteiger partial charge in [-0.15, -0.1) is 11.3 Å². The zero-order valence-electron chi connectivity index (χ0n) is 16.5. The summed E-state index contributed by atoms with van der Waals surface area (Å²) in [6.07, 6.45) is 5.09. The minimum Gasteiger partial charge on any atom is -0.306 e. The van der Waals surface area contributed by atoms with Crippen molar-refractivity contribution in [1.29, 1.82) is 0 Å². The van der Waals surface area contributed by atoms with Gasteiger partial charge in [-0.1, -0.05) is 24.3 Å². The van der Waals surface area contributed by atoms with Crippen LogP contribution in [-0.2, 0) is 0 Å². The lowest BCUT2D eigenvalue weighted by molar-refractivity contribution is 0.564. The fourth-order valence-corrected chi connectivity index (χ4v) is 4.92. The number of fused-ring (bicyclic) bond motifs is 3. The lowest BCUT2D eigenvalue weighted by Gasteiger charge is -2.16. The van der Waals surface area contributed by atoms with Crippen LogP contribution in [0.3, 0.4) is 0 Å². The molecule has 0 saturated heterocycles.